The van der Waals surface area contributed by atoms with Crippen molar-refractivity contribution in [3.05, 3.63) is 35.9 Å². The number of nitrogens with zero attached hydrogens (tertiary/aromatic N) is 1. The van der Waals surface area contributed by atoms with E-state index in [1.54, 1.807) is 11.9 Å². The second kappa shape index (κ2) is 8.03. The van der Waals surface area contributed by atoms with Gasteiger partial charge in [-0.1, -0.05) is 36.8 Å². The number of benzene rings is 1. The summed E-state index contributed by atoms with van der Waals surface area (Å²) in [6, 6.07) is 10.3. The summed E-state index contributed by atoms with van der Waals surface area (Å²) < 4.78 is 0. The molecule has 1 saturated carbocycles. The standard InChI is InChI=1S/C17H26N2O2/c1-19(13-15-10-5-11-16(15)20)17(21)18-12-6-9-14-7-3-2-4-8-14/h2-4,7-8,15-16,20H,5-6,9-13H2,1H3,(H,18,21). The highest BCUT2D eigenvalue weighted by Crippen LogP contribution is 2.25. The van der Waals surface area contributed by atoms with Gasteiger partial charge in [-0.05, 0) is 31.2 Å². The molecule has 0 saturated heterocycles. The van der Waals surface area contributed by atoms with Crippen LogP contribution >= 0.6 is 0 Å². The smallest absolute Gasteiger partial charge is 0.317 e. The Kier molecular flexibility index (Phi) is 6.05. The van der Waals surface area contributed by atoms with Crippen molar-refractivity contribution in [2.75, 3.05) is 20.1 Å². The van der Waals surface area contributed by atoms with Crippen LogP contribution in [-0.4, -0.2) is 42.3 Å². The third kappa shape index (κ3) is 5.05. The Hall–Kier alpha value is -1.55. The lowest BCUT2D eigenvalue weighted by Gasteiger charge is -2.23. The van der Waals surface area contributed by atoms with E-state index in [4.69, 9.17) is 0 Å². The molecule has 1 aromatic rings. The van der Waals surface area contributed by atoms with E-state index in [0.717, 1.165) is 32.1 Å². The molecule has 0 aromatic heterocycles. The van der Waals surface area contributed by atoms with Crippen LogP contribution in [0.3, 0.4) is 0 Å². The van der Waals surface area contributed by atoms with Crippen molar-refractivity contribution in [3.8, 4) is 0 Å². The van der Waals surface area contributed by atoms with Gasteiger partial charge in [0.25, 0.3) is 0 Å². The molecule has 1 aliphatic rings. The highest BCUT2D eigenvalue weighted by molar-refractivity contribution is 5.73. The Bertz CT molecular complexity index is 436. The van der Waals surface area contributed by atoms with E-state index >= 15 is 0 Å². The molecule has 21 heavy (non-hydrogen) atoms. The first kappa shape index (κ1) is 15.8. The van der Waals surface area contributed by atoms with Gasteiger partial charge in [0.1, 0.15) is 0 Å². The van der Waals surface area contributed by atoms with Crippen LogP contribution in [0, 0.1) is 5.92 Å². The van der Waals surface area contributed by atoms with Crippen LogP contribution in [0.5, 0.6) is 0 Å². The van der Waals surface area contributed by atoms with Crippen LogP contribution in [0.4, 0.5) is 4.79 Å². The van der Waals surface area contributed by atoms with E-state index in [0.29, 0.717) is 13.1 Å². The average Bonchev–Trinajstić information content (AvgIpc) is 2.89. The van der Waals surface area contributed by atoms with Gasteiger partial charge in [-0.25, -0.2) is 4.79 Å². The monoisotopic (exact) mass is 290 g/mol. The van der Waals surface area contributed by atoms with Crippen LogP contribution in [0.2, 0.25) is 0 Å². The predicted octanol–water partition coefficient (Wildman–Crippen LogP) is 2.42. The summed E-state index contributed by atoms with van der Waals surface area (Å²) in [6.45, 7) is 1.33. The lowest BCUT2D eigenvalue weighted by Crippen LogP contribution is -2.41. The fourth-order valence-electron chi connectivity index (χ4n) is 2.93. The molecule has 4 nitrogen and oxygen atoms in total. The summed E-state index contributed by atoms with van der Waals surface area (Å²) in [6.07, 6.45) is 4.64. The fourth-order valence-corrected chi connectivity index (χ4v) is 2.93. The van der Waals surface area contributed by atoms with Crippen molar-refractivity contribution in [2.24, 2.45) is 5.92 Å². The Morgan fingerprint density at radius 1 is 1.33 bits per heavy atom. The molecule has 1 aliphatic carbocycles. The molecule has 0 aliphatic heterocycles. The van der Waals surface area contributed by atoms with E-state index < -0.39 is 0 Å². The van der Waals surface area contributed by atoms with E-state index in [1.807, 2.05) is 18.2 Å². The molecule has 0 heterocycles. The zero-order valence-corrected chi connectivity index (χ0v) is 12.8. The first-order chi connectivity index (χ1) is 10.2. The Morgan fingerprint density at radius 3 is 2.76 bits per heavy atom. The Morgan fingerprint density at radius 2 is 2.10 bits per heavy atom. The summed E-state index contributed by atoms with van der Waals surface area (Å²) in [7, 11) is 1.80. The van der Waals surface area contributed by atoms with Crippen molar-refractivity contribution in [1.29, 1.82) is 0 Å². The van der Waals surface area contributed by atoms with Crippen LogP contribution < -0.4 is 5.32 Å². The van der Waals surface area contributed by atoms with Gasteiger partial charge in [0, 0.05) is 26.1 Å². The third-order valence-electron chi connectivity index (χ3n) is 4.24. The van der Waals surface area contributed by atoms with E-state index in [2.05, 4.69) is 17.4 Å². The lowest BCUT2D eigenvalue weighted by molar-refractivity contribution is 0.114. The first-order valence-electron chi connectivity index (χ1n) is 7.88. The summed E-state index contributed by atoms with van der Waals surface area (Å²) >= 11 is 0. The number of aliphatic hydroxyl groups is 1. The van der Waals surface area contributed by atoms with Gasteiger partial charge in [-0.3, -0.25) is 0 Å². The minimum atomic E-state index is -0.238. The highest BCUT2D eigenvalue weighted by Gasteiger charge is 2.27. The third-order valence-corrected chi connectivity index (χ3v) is 4.24. The number of nitrogens with one attached hydrogen (secondary N) is 1. The Balaban J connectivity index is 1.62. The first-order valence-corrected chi connectivity index (χ1v) is 7.88. The average molecular weight is 290 g/mol. The lowest BCUT2D eigenvalue weighted by atomic mass is 10.1. The Labute approximate surface area is 127 Å². The van der Waals surface area contributed by atoms with Crippen LogP contribution in [-0.2, 0) is 6.42 Å². The van der Waals surface area contributed by atoms with E-state index in [1.165, 1.54) is 5.56 Å². The van der Waals surface area contributed by atoms with Crippen LogP contribution in [0.1, 0.15) is 31.2 Å². The van der Waals surface area contributed by atoms with Gasteiger partial charge in [0.05, 0.1) is 6.10 Å². The maximum absolute atomic E-state index is 12.0. The zero-order valence-electron chi connectivity index (χ0n) is 12.8. The van der Waals surface area contributed by atoms with Gasteiger partial charge in [-0.15, -0.1) is 0 Å². The highest BCUT2D eigenvalue weighted by atomic mass is 16.3. The number of carbonyl (C=O) groups is 1. The summed E-state index contributed by atoms with van der Waals surface area (Å²) in [4.78, 5) is 13.7. The summed E-state index contributed by atoms with van der Waals surface area (Å²) in [5.74, 6) is 0.241. The van der Waals surface area contributed by atoms with Crippen LogP contribution in [0.15, 0.2) is 30.3 Å². The molecule has 0 bridgehead atoms. The number of urea groups is 1. The summed E-state index contributed by atoms with van der Waals surface area (Å²) in [5.41, 5.74) is 1.30. The van der Waals surface area contributed by atoms with Gasteiger partial charge in [0.15, 0.2) is 0 Å². The second-order valence-electron chi connectivity index (χ2n) is 5.96. The maximum Gasteiger partial charge on any atom is 0.317 e. The maximum atomic E-state index is 12.0. The van der Waals surface area contributed by atoms with Crippen molar-refractivity contribution in [1.82, 2.24) is 10.2 Å². The normalized spacial score (nSPS) is 21.2. The number of rotatable bonds is 6. The largest absolute Gasteiger partial charge is 0.393 e. The number of amides is 2. The number of hydrogen-bond acceptors (Lipinski definition) is 2. The fraction of sp³-hybridized carbons (Fsp3) is 0.588. The topological polar surface area (TPSA) is 52.6 Å². The van der Waals surface area contributed by atoms with E-state index in [-0.39, 0.29) is 18.1 Å². The second-order valence-corrected chi connectivity index (χ2v) is 5.96. The molecule has 2 unspecified atom stereocenters. The number of hydrogen-bond donors (Lipinski definition) is 2. The number of aliphatic hydroxyl groups excluding tert-OH is 1. The molecule has 1 fully saturated rings. The number of aryl methyl sites for hydroxylation is 1. The van der Waals surface area contributed by atoms with Crippen molar-refractivity contribution >= 4 is 6.03 Å². The molecular weight excluding hydrogens is 264 g/mol. The molecule has 116 valence electrons. The molecule has 2 atom stereocenters. The van der Waals surface area contributed by atoms with E-state index in [9.17, 15) is 9.90 Å². The minimum absolute atomic E-state index is 0.0397. The molecule has 1 aromatic carbocycles. The number of carbonyl (C=O) groups excluding carboxylic acids is 1. The van der Waals surface area contributed by atoms with Crippen molar-refractivity contribution in [2.45, 2.75) is 38.2 Å². The molecule has 2 amide bonds. The van der Waals surface area contributed by atoms with Crippen LogP contribution in [0.25, 0.3) is 0 Å². The molecule has 2 rings (SSSR count). The molecule has 4 heteroatoms. The zero-order chi connectivity index (χ0) is 15.1. The van der Waals surface area contributed by atoms with Crippen molar-refractivity contribution < 1.29 is 9.90 Å². The molecule has 0 radical (unpaired) electrons. The molecular formula is C17H26N2O2. The molecule has 2 N–H and O–H groups in total. The van der Waals surface area contributed by atoms with Gasteiger partial charge in [0.2, 0.25) is 0 Å². The van der Waals surface area contributed by atoms with Crippen molar-refractivity contribution in [3.63, 3.8) is 0 Å². The van der Waals surface area contributed by atoms with Gasteiger partial charge < -0.3 is 15.3 Å². The summed E-state index contributed by atoms with van der Waals surface area (Å²) in [5, 5.41) is 12.7. The SMILES string of the molecule is CN(CC1CCCC1O)C(=O)NCCCc1ccccc1. The predicted molar refractivity (Wildman–Crippen MR) is 84.1 cm³/mol. The van der Waals surface area contributed by atoms with Gasteiger partial charge >= 0.3 is 6.03 Å². The molecule has 0 spiro atoms. The quantitative estimate of drug-likeness (QED) is 0.791. The minimum Gasteiger partial charge on any atom is -0.393 e. The van der Waals surface area contributed by atoms with Gasteiger partial charge in [-0.2, -0.15) is 0 Å².